The van der Waals surface area contributed by atoms with Crippen molar-refractivity contribution >= 4 is 92.1 Å². The van der Waals surface area contributed by atoms with Gasteiger partial charge in [0.05, 0.1) is 10.4 Å². The first-order chi connectivity index (χ1) is 32.2. The molecule has 0 spiro atoms. The standard InChI is InChI=1S/C62H39NOS/c1-2-12-43(13-3-1)50-19-10-20-54-55-21-11-22-58(62(55)65-61(50)54)63(48-35-30-44(31-36-48)56-39-46-14-4-5-15-49(46)51-16-6-7-17-52(51)56)47-33-28-41(29-34-47)40-24-26-42(27-25-40)45-32-37-60-57(38-45)53-18-8-9-23-59(53)64-60/h1-39H. The van der Waals surface area contributed by atoms with E-state index in [1.54, 1.807) is 0 Å². The summed E-state index contributed by atoms with van der Waals surface area (Å²) in [7, 11) is 0. The number of rotatable bonds is 7. The zero-order valence-electron chi connectivity index (χ0n) is 35.3. The van der Waals surface area contributed by atoms with Gasteiger partial charge in [-0.1, -0.05) is 182 Å². The number of hydrogen-bond acceptors (Lipinski definition) is 3. The van der Waals surface area contributed by atoms with Gasteiger partial charge in [0.15, 0.2) is 0 Å². The van der Waals surface area contributed by atoms with Crippen LogP contribution in [0.15, 0.2) is 241 Å². The topological polar surface area (TPSA) is 16.4 Å². The highest BCUT2D eigenvalue weighted by Crippen LogP contribution is 2.48. The molecule has 0 bridgehead atoms. The van der Waals surface area contributed by atoms with Crippen molar-refractivity contribution in [2.24, 2.45) is 0 Å². The molecule has 304 valence electrons. The molecular weight excluding hydrogens is 807 g/mol. The molecule has 65 heavy (non-hydrogen) atoms. The van der Waals surface area contributed by atoms with Gasteiger partial charge in [0.25, 0.3) is 0 Å². The van der Waals surface area contributed by atoms with Gasteiger partial charge >= 0.3 is 0 Å². The van der Waals surface area contributed by atoms with E-state index in [1.165, 1.54) is 86.2 Å². The largest absolute Gasteiger partial charge is 0.456 e. The maximum absolute atomic E-state index is 6.11. The van der Waals surface area contributed by atoms with Crippen LogP contribution in [0.4, 0.5) is 17.1 Å². The molecule has 0 aliphatic heterocycles. The monoisotopic (exact) mass is 845 g/mol. The number of nitrogens with zero attached hydrogens (tertiary/aromatic N) is 1. The van der Waals surface area contributed by atoms with Gasteiger partial charge in [0, 0.05) is 37.6 Å². The molecule has 2 aromatic heterocycles. The fourth-order valence-corrected chi connectivity index (χ4v) is 11.2. The number of anilines is 3. The first kappa shape index (κ1) is 37.3. The van der Waals surface area contributed by atoms with Gasteiger partial charge in [-0.2, -0.15) is 0 Å². The maximum Gasteiger partial charge on any atom is 0.135 e. The van der Waals surface area contributed by atoms with Crippen LogP contribution in [0.3, 0.4) is 0 Å². The van der Waals surface area contributed by atoms with Gasteiger partial charge in [-0.25, -0.2) is 0 Å². The summed E-state index contributed by atoms with van der Waals surface area (Å²) >= 11 is 1.88. The predicted octanol–water partition coefficient (Wildman–Crippen LogP) is 18.4. The van der Waals surface area contributed by atoms with E-state index >= 15 is 0 Å². The van der Waals surface area contributed by atoms with Crippen molar-refractivity contribution in [1.82, 2.24) is 0 Å². The molecule has 0 atom stereocenters. The van der Waals surface area contributed by atoms with Crippen LogP contribution in [0.1, 0.15) is 0 Å². The summed E-state index contributed by atoms with van der Waals surface area (Å²) < 4.78 is 8.67. The Balaban J connectivity index is 0.910. The highest BCUT2D eigenvalue weighted by molar-refractivity contribution is 7.27. The smallest absolute Gasteiger partial charge is 0.135 e. The van der Waals surface area contributed by atoms with Gasteiger partial charge < -0.3 is 9.32 Å². The third-order valence-corrected chi connectivity index (χ3v) is 14.4. The van der Waals surface area contributed by atoms with Crippen LogP contribution in [-0.2, 0) is 0 Å². The summed E-state index contributed by atoms with van der Waals surface area (Å²) in [4.78, 5) is 2.44. The molecule has 0 saturated carbocycles. The summed E-state index contributed by atoms with van der Waals surface area (Å²) in [6.45, 7) is 0. The molecule has 13 rings (SSSR count). The van der Waals surface area contributed by atoms with Gasteiger partial charge in [-0.3, -0.25) is 0 Å². The Labute approximate surface area is 380 Å². The van der Waals surface area contributed by atoms with Crippen molar-refractivity contribution in [2.75, 3.05) is 4.90 Å². The number of hydrogen-bond donors (Lipinski definition) is 0. The zero-order chi connectivity index (χ0) is 42.8. The van der Waals surface area contributed by atoms with Crippen LogP contribution >= 0.6 is 11.3 Å². The fourth-order valence-electron chi connectivity index (χ4n) is 9.90. The molecule has 0 aliphatic rings. The van der Waals surface area contributed by atoms with Crippen LogP contribution in [0, 0.1) is 0 Å². The van der Waals surface area contributed by atoms with Crippen LogP contribution in [-0.4, -0.2) is 0 Å². The SMILES string of the molecule is c1ccc(-c2cccc3c2sc2c(N(c4ccc(-c5ccc(-c6ccc7oc8ccccc8c7c6)cc5)cc4)c4ccc(-c5cc6ccccc6c6ccccc56)cc4)cccc23)cc1. The van der Waals surface area contributed by atoms with E-state index in [-0.39, 0.29) is 0 Å². The highest BCUT2D eigenvalue weighted by Gasteiger charge is 2.20. The summed E-state index contributed by atoms with van der Waals surface area (Å²) in [5.41, 5.74) is 14.8. The number of para-hydroxylation sites is 1. The van der Waals surface area contributed by atoms with Crippen molar-refractivity contribution in [3.05, 3.63) is 237 Å². The zero-order valence-corrected chi connectivity index (χ0v) is 36.1. The molecule has 0 radical (unpaired) electrons. The lowest BCUT2D eigenvalue weighted by Gasteiger charge is -2.26. The third kappa shape index (κ3) is 6.31. The van der Waals surface area contributed by atoms with E-state index < -0.39 is 0 Å². The van der Waals surface area contributed by atoms with Crippen LogP contribution in [0.5, 0.6) is 0 Å². The van der Waals surface area contributed by atoms with E-state index in [9.17, 15) is 0 Å². The number of fused-ring (bicyclic) bond motifs is 9. The number of furan rings is 1. The number of benzene rings is 11. The molecule has 3 heteroatoms. The predicted molar refractivity (Wildman–Crippen MR) is 278 cm³/mol. The molecule has 11 aromatic carbocycles. The van der Waals surface area contributed by atoms with E-state index in [0.717, 1.165) is 39.0 Å². The molecule has 0 amide bonds. The van der Waals surface area contributed by atoms with Crippen molar-refractivity contribution in [3.63, 3.8) is 0 Å². The fraction of sp³-hybridized carbons (Fsp3) is 0. The molecule has 2 nitrogen and oxygen atoms in total. The quantitative estimate of drug-likeness (QED) is 0.149. The van der Waals surface area contributed by atoms with Crippen LogP contribution in [0.2, 0.25) is 0 Å². The first-order valence-corrected chi connectivity index (χ1v) is 23.0. The lowest BCUT2D eigenvalue weighted by molar-refractivity contribution is 0.669. The Morgan fingerprint density at radius 2 is 0.815 bits per heavy atom. The minimum Gasteiger partial charge on any atom is -0.456 e. The minimum atomic E-state index is 0.913. The molecule has 2 heterocycles. The second kappa shape index (κ2) is 15.2. The van der Waals surface area contributed by atoms with Gasteiger partial charge in [-0.15, -0.1) is 11.3 Å². The Morgan fingerprint density at radius 1 is 0.292 bits per heavy atom. The maximum atomic E-state index is 6.11. The van der Waals surface area contributed by atoms with Gasteiger partial charge in [0.2, 0.25) is 0 Å². The summed E-state index contributed by atoms with van der Waals surface area (Å²) in [5, 5.41) is 9.89. The summed E-state index contributed by atoms with van der Waals surface area (Å²) in [5.74, 6) is 0. The van der Waals surface area contributed by atoms with E-state index in [0.29, 0.717) is 0 Å². The molecule has 13 aromatic rings. The Hall–Kier alpha value is -8.24. The van der Waals surface area contributed by atoms with Gasteiger partial charge in [0.1, 0.15) is 11.2 Å². The van der Waals surface area contributed by atoms with E-state index in [2.05, 4.69) is 229 Å². The molecule has 0 saturated heterocycles. The summed E-state index contributed by atoms with van der Waals surface area (Å²) in [6, 6.07) is 86.0. The average molecular weight is 846 g/mol. The van der Waals surface area contributed by atoms with Crippen LogP contribution in [0.25, 0.3) is 108 Å². The van der Waals surface area contributed by atoms with Crippen molar-refractivity contribution in [1.29, 1.82) is 0 Å². The second-order valence-electron chi connectivity index (χ2n) is 16.8. The third-order valence-electron chi connectivity index (χ3n) is 13.1. The van der Waals surface area contributed by atoms with Crippen molar-refractivity contribution in [3.8, 4) is 44.5 Å². The highest BCUT2D eigenvalue weighted by atomic mass is 32.1. The normalized spacial score (nSPS) is 11.7. The Morgan fingerprint density at radius 3 is 1.57 bits per heavy atom. The molecule has 0 unspecified atom stereocenters. The lowest BCUT2D eigenvalue weighted by atomic mass is 9.93. The molecular formula is C62H39NOS. The van der Waals surface area contributed by atoms with Gasteiger partial charge in [-0.05, 0) is 121 Å². The van der Waals surface area contributed by atoms with Crippen LogP contribution < -0.4 is 4.90 Å². The average Bonchev–Trinajstić information content (AvgIpc) is 3.96. The van der Waals surface area contributed by atoms with E-state index in [1.807, 2.05) is 23.5 Å². The summed E-state index contributed by atoms with van der Waals surface area (Å²) in [6.07, 6.45) is 0. The minimum absolute atomic E-state index is 0.913. The van der Waals surface area contributed by atoms with Crippen molar-refractivity contribution in [2.45, 2.75) is 0 Å². The molecule has 0 aliphatic carbocycles. The number of thiophene rings is 1. The van der Waals surface area contributed by atoms with Crippen molar-refractivity contribution < 1.29 is 4.42 Å². The van der Waals surface area contributed by atoms with E-state index in [4.69, 9.17) is 4.42 Å². The second-order valence-corrected chi connectivity index (χ2v) is 17.8. The first-order valence-electron chi connectivity index (χ1n) is 22.1. The Kier molecular flexibility index (Phi) is 8.75. The molecule has 0 N–H and O–H groups in total. The molecule has 0 fully saturated rings. The lowest BCUT2D eigenvalue weighted by Crippen LogP contribution is -2.10. The Bertz CT molecular complexity index is 3920.